The fourth-order valence-electron chi connectivity index (χ4n) is 9.44. The van der Waals surface area contributed by atoms with Gasteiger partial charge in [-0.3, -0.25) is 19.2 Å². The molecule has 0 saturated heterocycles. The van der Waals surface area contributed by atoms with Crippen molar-refractivity contribution >= 4 is 58.3 Å². The zero-order valence-corrected chi connectivity index (χ0v) is 40.4. The minimum atomic E-state index is -4.60. The molecule has 6 aromatic rings. The van der Waals surface area contributed by atoms with Crippen LogP contribution in [0.2, 0.25) is 0 Å². The van der Waals surface area contributed by atoms with Crippen molar-refractivity contribution in [1.82, 2.24) is 0 Å². The number of Topliss-reactive ketones (excluding diaryl/α,β-unsaturated/α-hetero) is 2. The molecule has 390 valence electrons. The van der Waals surface area contributed by atoms with Crippen LogP contribution in [0, 0.1) is 23.7 Å². The van der Waals surface area contributed by atoms with Gasteiger partial charge >= 0.3 is 36.4 Å². The molecule has 12 nitrogen and oxygen atoms in total. The molecule has 75 heavy (non-hydrogen) atoms. The number of nitrogens with one attached hydrogen (secondary N) is 4. The van der Waals surface area contributed by atoms with Crippen LogP contribution in [0.25, 0.3) is 22.3 Å². The van der Waals surface area contributed by atoms with Crippen LogP contribution in [0.4, 0.5) is 58.7 Å². The Bertz CT molecular complexity index is 3000. The third-order valence-electron chi connectivity index (χ3n) is 13.3. The summed E-state index contributed by atoms with van der Waals surface area (Å²) in [4.78, 5) is 74.3. The molecule has 4 unspecified atom stereocenters. The van der Waals surface area contributed by atoms with Gasteiger partial charge in [-0.1, -0.05) is 123 Å². The van der Waals surface area contributed by atoms with E-state index < -0.39 is 59.3 Å². The highest BCUT2D eigenvalue weighted by atomic mass is 19.4. The molecular formula is C57H52F6N4O8. The molecule has 18 heteroatoms. The van der Waals surface area contributed by atoms with Crippen molar-refractivity contribution in [2.45, 2.75) is 63.7 Å². The smallest absolute Gasteiger partial charge is 0.418 e. The van der Waals surface area contributed by atoms with E-state index in [1.165, 1.54) is 43.5 Å². The lowest BCUT2D eigenvalue weighted by Crippen LogP contribution is -2.33. The summed E-state index contributed by atoms with van der Waals surface area (Å²) >= 11 is 0. The van der Waals surface area contributed by atoms with Gasteiger partial charge in [0.1, 0.15) is 0 Å². The van der Waals surface area contributed by atoms with Gasteiger partial charge in [-0.25, -0.2) is 9.59 Å². The van der Waals surface area contributed by atoms with Crippen LogP contribution in [0.3, 0.4) is 0 Å². The van der Waals surface area contributed by atoms with Gasteiger partial charge in [0.15, 0.2) is 11.6 Å². The topological polar surface area (TPSA) is 180 Å². The second-order valence-electron chi connectivity index (χ2n) is 18.1. The number of hydrogen-bond acceptors (Lipinski definition) is 7. The van der Waals surface area contributed by atoms with E-state index in [-0.39, 0.29) is 34.8 Å². The normalized spacial score (nSPS) is 17.5. The van der Waals surface area contributed by atoms with Crippen LogP contribution in [-0.2, 0) is 26.7 Å². The Balaban J connectivity index is 0.000000219. The molecule has 6 aromatic carbocycles. The summed E-state index contributed by atoms with van der Waals surface area (Å²) in [6.07, 6.45) is -3.36. The maximum atomic E-state index is 13.2. The number of carbonyl (C=O) groups is 6. The highest BCUT2D eigenvalue weighted by molar-refractivity contribution is 6.03. The van der Waals surface area contributed by atoms with E-state index in [0.717, 1.165) is 60.1 Å². The molecule has 5 N–H and O–H groups in total. The number of aliphatic carboxylic acids is 1. The van der Waals surface area contributed by atoms with Crippen molar-refractivity contribution in [3.63, 3.8) is 0 Å². The van der Waals surface area contributed by atoms with Gasteiger partial charge in [-0.2, -0.15) is 26.3 Å². The van der Waals surface area contributed by atoms with Crippen LogP contribution < -0.4 is 21.3 Å². The van der Waals surface area contributed by atoms with E-state index >= 15 is 0 Å². The van der Waals surface area contributed by atoms with Gasteiger partial charge < -0.3 is 31.1 Å². The van der Waals surface area contributed by atoms with Crippen LogP contribution >= 0.6 is 0 Å². The van der Waals surface area contributed by atoms with Gasteiger partial charge in [0.2, 0.25) is 0 Å². The number of methoxy groups -OCH3 is 1. The molecule has 0 heterocycles. The predicted molar refractivity (Wildman–Crippen MR) is 271 cm³/mol. The average Bonchev–Trinajstić information content (AvgIpc) is 3.40. The van der Waals surface area contributed by atoms with E-state index in [1.54, 1.807) is 84.9 Å². The minimum absolute atomic E-state index is 0.0655. The van der Waals surface area contributed by atoms with E-state index in [4.69, 9.17) is 4.74 Å². The minimum Gasteiger partial charge on any atom is -0.481 e. The maximum absolute atomic E-state index is 13.2. The number of carbonyl (C=O) groups excluding carboxylic acids is 5. The quantitative estimate of drug-likeness (QED) is 0.0456. The lowest BCUT2D eigenvalue weighted by Gasteiger charge is -2.28. The largest absolute Gasteiger partial charge is 0.481 e. The fraction of sp³-hybridized carbons (Fsp3) is 0.263. The number of carboxylic acid groups (broad SMARTS) is 1. The first-order chi connectivity index (χ1) is 35.8. The molecule has 0 radical (unpaired) electrons. The van der Waals surface area contributed by atoms with E-state index in [2.05, 4.69) is 21.3 Å². The Morgan fingerprint density at radius 2 is 0.760 bits per heavy atom. The fourth-order valence-corrected chi connectivity index (χ4v) is 9.44. The number of anilines is 4. The highest BCUT2D eigenvalue weighted by Gasteiger charge is 2.38. The summed E-state index contributed by atoms with van der Waals surface area (Å²) in [5.74, 6) is -3.47. The number of ketones is 2. The van der Waals surface area contributed by atoms with Crippen molar-refractivity contribution in [2.75, 3.05) is 28.4 Å². The molecule has 8 rings (SSSR count). The van der Waals surface area contributed by atoms with Gasteiger partial charge in [-0.15, -0.1) is 0 Å². The van der Waals surface area contributed by atoms with Crippen LogP contribution in [0.5, 0.6) is 0 Å². The summed E-state index contributed by atoms with van der Waals surface area (Å²) in [5.41, 5.74) is 2.49. The van der Waals surface area contributed by atoms with Crippen molar-refractivity contribution < 1.29 is 65.0 Å². The molecule has 2 aliphatic rings. The number of benzene rings is 6. The molecule has 0 aliphatic heterocycles. The number of carboxylic acids is 1. The Morgan fingerprint density at radius 3 is 1.11 bits per heavy atom. The third kappa shape index (κ3) is 14.1. The molecule has 0 bridgehead atoms. The number of ether oxygens (including phenoxy) is 1. The summed E-state index contributed by atoms with van der Waals surface area (Å²) in [6.45, 7) is 0. The van der Waals surface area contributed by atoms with Crippen LogP contribution in [0.15, 0.2) is 146 Å². The van der Waals surface area contributed by atoms with Gasteiger partial charge in [0.25, 0.3) is 0 Å². The van der Waals surface area contributed by atoms with Crippen molar-refractivity contribution in [2.24, 2.45) is 23.7 Å². The predicted octanol–water partition coefficient (Wildman–Crippen LogP) is 14.3. The maximum Gasteiger partial charge on any atom is 0.418 e. The Morgan fingerprint density at radius 1 is 0.440 bits per heavy atom. The number of esters is 1. The van der Waals surface area contributed by atoms with Gasteiger partial charge in [0, 0.05) is 34.3 Å². The molecule has 2 saturated carbocycles. The Kier molecular flexibility index (Phi) is 17.6. The monoisotopic (exact) mass is 1030 g/mol. The standard InChI is InChI=1S/C29H27F3N2O4.C28H25F3N2O4/c1-38-27(36)23-7-3-2-6-22(23)26(35)20-12-10-18(11-13-20)19-14-16-21(17-15-19)33-28(37)34-25-9-5-4-8-24(25)29(30,31)32;29-28(30,31)23-7-3-4-8-24(23)33-27(37)32-20-15-13-18(14-16-20)17-9-11-19(12-10-17)25(34)21-5-1-2-6-22(21)26(35)36/h4-5,8-17,22-23H,2-3,6-7H2,1H3,(H2,33,34,37);3-4,7-16,21-22H,1-2,5-6H2,(H,35,36)(H2,32,33,37). The zero-order chi connectivity index (χ0) is 53.9. The summed E-state index contributed by atoms with van der Waals surface area (Å²) < 4.78 is 83.7. The Labute approximate surface area is 427 Å². The van der Waals surface area contributed by atoms with Crippen LogP contribution in [0.1, 0.15) is 83.2 Å². The van der Waals surface area contributed by atoms with Crippen molar-refractivity contribution in [1.29, 1.82) is 0 Å². The SMILES string of the molecule is COC(=O)C1CCCCC1C(=O)c1ccc(-c2ccc(NC(=O)Nc3ccccc3C(F)(F)F)cc2)cc1.O=C(Nc1ccc(-c2ccc(C(=O)C3CCCCC3C(=O)O)cc2)cc1)Nc1ccccc1C(F)(F)F. The number of hydrogen-bond donors (Lipinski definition) is 5. The lowest BCUT2D eigenvalue weighted by atomic mass is 9.75. The van der Waals surface area contributed by atoms with E-state index in [0.29, 0.717) is 48.2 Å². The summed E-state index contributed by atoms with van der Waals surface area (Å²) in [7, 11) is 1.34. The second kappa shape index (κ2) is 24.2. The number of urea groups is 2. The van der Waals surface area contributed by atoms with Crippen molar-refractivity contribution in [3.8, 4) is 22.3 Å². The Hall–Kier alpha value is -8.28. The summed E-state index contributed by atoms with van der Waals surface area (Å²) in [6, 6.07) is 35.3. The highest BCUT2D eigenvalue weighted by Crippen LogP contribution is 2.38. The molecule has 0 spiro atoms. The first kappa shape index (κ1) is 54.5. The second-order valence-corrected chi connectivity index (χ2v) is 18.1. The number of halogens is 6. The molecule has 2 aliphatic carbocycles. The number of rotatable bonds is 12. The number of para-hydroxylation sites is 2. The lowest BCUT2D eigenvalue weighted by molar-refractivity contribution is -0.148. The van der Waals surface area contributed by atoms with Gasteiger partial charge in [0.05, 0.1) is 41.4 Å². The first-order valence-corrected chi connectivity index (χ1v) is 24.1. The molecule has 2 fully saturated rings. The van der Waals surface area contributed by atoms with E-state index in [9.17, 15) is 60.2 Å². The molecule has 4 atom stereocenters. The molecule has 4 amide bonds. The summed E-state index contributed by atoms with van der Waals surface area (Å²) in [5, 5.41) is 19.0. The van der Waals surface area contributed by atoms with Crippen LogP contribution in [-0.4, -0.2) is 47.8 Å². The van der Waals surface area contributed by atoms with E-state index in [1.807, 2.05) is 12.1 Å². The van der Waals surface area contributed by atoms with Gasteiger partial charge in [-0.05, 0) is 96.5 Å². The molecular weight excluding hydrogens is 983 g/mol. The number of alkyl halides is 6. The van der Waals surface area contributed by atoms with Crippen molar-refractivity contribution in [3.05, 3.63) is 168 Å². The first-order valence-electron chi connectivity index (χ1n) is 24.1. The molecule has 0 aromatic heterocycles. The third-order valence-corrected chi connectivity index (χ3v) is 13.3. The zero-order valence-electron chi connectivity index (χ0n) is 40.4. The number of amides is 4. The average molecular weight is 1040 g/mol.